The van der Waals surface area contributed by atoms with Gasteiger partial charge in [-0.15, -0.1) is 0 Å². The van der Waals surface area contributed by atoms with Crippen molar-refractivity contribution in [2.45, 2.75) is 52.1 Å². The molecule has 0 fully saturated rings. The fraction of sp³-hybridized carbons (Fsp3) is 0.440. The molecule has 158 valence electrons. The molecule has 5 nitrogen and oxygen atoms in total. The van der Waals surface area contributed by atoms with Crippen LogP contribution in [0.4, 0.5) is 0 Å². The number of carbonyl (C=O) groups excluding carboxylic acids is 1. The highest BCUT2D eigenvalue weighted by Gasteiger charge is 2.30. The van der Waals surface area contributed by atoms with Crippen LogP contribution in [-0.2, 0) is 20.7 Å². The SMILES string of the molecule is CCOC(=O)C[C@@H]1CCC2=C1C=CC(OCCc1oc(-c3ccccc3)nc1C)C2. The van der Waals surface area contributed by atoms with Crippen molar-refractivity contribution in [1.82, 2.24) is 4.98 Å². The summed E-state index contributed by atoms with van der Waals surface area (Å²) in [5.41, 5.74) is 4.65. The Bertz CT molecular complexity index is 941. The van der Waals surface area contributed by atoms with Crippen molar-refractivity contribution in [3.63, 3.8) is 0 Å². The minimum absolute atomic E-state index is 0.0851. The topological polar surface area (TPSA) is 61.6 Å². The van der Waals surface area contributed by atoms with Crippen LogP contribution in [0.1, 0.15) is 44.1 Å². The zero-order valence-electron chi connectivity index (χ0n) is 17.7. The van der Waals surface area contributed by atoms with Crippen molar-refractivity contribution in [3.8, 4) is 11.5 Å². The Morgan fingerprint density at radius 2 is 2.10 bits per heavy atom. The van der Waals surface area contributed by atoms with E-state index in [1.54, 1.807) is 0 Å². The normalized spacial score (nSPS) is 20.5. The van der Waals surface area contributed by atoms with Crippen LogP contribution in [0.2, 0.25) is 0 Å². The van der Waals surface area contributed by atoms with Crippen LogP contribution in [0.5, 0.6) is 0 Å². The van der Waals surface area contributed by atoms with Gasteiger partial charge in [0, 0.05) is 12.0 Å². The zero-order chi connectivity index (χ0) is 20.9. The first-order valence-electron chi connectivity index (χ1n) is 10.8. The smallest absolute Gasteiger partial charge is 0.306 e. The molecule has 2 aromatic rings. The van der Waals surface area contributed by atoms with Gasteiger partial charge in [-0.25, -0.2) is 4.98 Å². The van der Waals surface area contributed by atoms with E-state index in [1.165, 1.54) is 11.1 Å². The molecule has 5 heteroatoms. The Kier molecular flexibility index (Phi) is 6.48. The fourth-order valence-corrected chi connectivity index (χ4v) is 4.35. The Labute approximate surface area is 177 Å². The second kappa shape index (κ2) is 9.43. The van der Waals surface area contributed by atoms with Gasteiger partial charge in [-0.3, -0.25) is 4.79 Å². The highest BCUT2D eigenvalue weighted by Crippen LogP contribution is 2.40. The van der Waals surface area contributed by atoms with Gasteiger partial charge in [0.2, 0.25) is 5.89 Å². The molecule has 0 bridgehead atoms. The summed E-state index contributed by atoms with van der Waals surface area (Å²) in [4.78, 5) is 16.4. The number of hydrogen-bond acceptors (Lipinski definition) is 5. The molecule has 30 heavy (non-hydrogen) atoms. The molecular formula is C25H29NO4. The minimum Gasteiger partial charge on any atom is -0.466 e. The largest absolute Gasteiger partial charge is 0.466 e. The van der Waals surface area contributed by atoms with Crippen molar-refractivity contribution in [3.05, 3.63) is 65.1 Å². The van der Waals surface area contributed by atoms with E-state index in [0.29, 0.717) is 37.9 Å². The highest BCUT2D eigenvalue weighted by molar-refractivity contribution is 5.70. The predicted octanol–water partition coefficient (Wildman–Crippen LogP) is 5.20. The Hall–Kier alpha value is -2.66. The third-order valence-electron chi connectivity index (χ3n) is 5.87. The third kappa shape index (κ3) is 4.73. The van der Waals surface area contributed by atoms with Crippen LogP contribution >= 0.6 is 0 Å². The summed E-state index contributed by atoms with van der Waals surface area (Å²) in [5.74, 6) is 1.74. The molecule has 1 aromatic carbocycles. The summed E-state index contributed by atoms with van der Waals surface area (Å²) in [7, 11) is 0. The first-order chi connectivity index (χ1) is 14.6. The molecule has 0 aliphatic heterocycles. The number of rotatable bonds is 8. The average Bonchev–Trinajstić information content (AvgIpc) is 3.32. The number of esters is 1. The number of benzene rings is 1. The van der Waals surface area contributed by atoms with Gasteiger partial charge < -0.3 is 13.9 Å². The van der Waals surface area contributed by atoms with Gasteiger partial charge in [-0.05, 0) is 56.7 Å². The number of allylic oxidation sites excluding steroid dienone is 2. The molecule has 0 spiro atoms. The van der Waals surface area contributed by atoms with Crippen LogP contribution in [0, 0.1) is 12.8 Å². The summed E-state index contributed by atoms with van der Waals surface area (Å²) < 4.78 is 17.2. The summed E-state index contributed by atoms with van der Waals surface area (Å²) in [5, 5.41) is 0. The number of carbonyl (C=O) groups is 1. The van der Waals surface area contributed by atoms with Crippen LogP contribution < -0.4 is 0 Å². The van der Waals surface area contributed by atoms with Crippen LogP contribution in [0.15, 0.2) is 58.0 Å². The van der Waals surface area contributed by atoms with E-state index in [4.69, 9.17) is 13.9 Å². The lowest BCUT2D eigenvalue weighted by Gasteiger charge is -2.21. The molecular weight excluding hydrogens is 378 g/mol. The van der Waals surface area contributed by atoms with Crippen molar-refractivity contribution in [1.29, 1.82) is 0 Å². The molecule has 0 saturated carbocycles. The van der Waals surface area contributed by atoms with Crippen molar-refractivity contribution < 1.29 is 18.7 Å². The van der Waals surface area contributed by atoms with E-state index >= 15 is 0 Å². The number of oxazole rings is 1. The van der Waals surface area contributed by atoms with Crippen molar-refractivity contribution in [2.75, 3.05) is 13.2 Å². The van der Waals surface area contributed by atoms with E-state index in [0.717, 1.165) is 36.3 Å². The number of aromatic nitrogens is 1. The molecule has 0 saturated heterocycles. The fourth-order valence-electron chi connectivity index (χ4n) is 4.35. The first-order valence-corrected chi connectivity index (χ1v) is 10.8. The Morgan fingerprint density at radius 1 is 1.27 bits per heavy atom. The maximum absolute atomic E-state index is 11.8. The van der Waals surface area contributed by atoms with E-state index in [-0.39, 0.29) is 12.1 Å². The molecule has 1 heterocycles. The summed E-state index contributed by atoms with van der Waals surface area (Å²) in [6, 6.07) is 9.95. The molecule has 1 aromatic heterocycles. The standard InChI is InChI=1S/C25H29NO4/c1-3-28-24(27)16-20-10-9-19-15-21(11-12-22(19)20)29-14-13-23-17(2)26-25(30-23)18-7-5-4-6-8-18/h4-8,11-12,20-21H,3,9-10,13-16H2,1-2H3/t20-,21?/m0/s1. The van der Waals surface area contributed by atoms with E-state index in [1.807, 2.05) is 44.2 Å². The molecule has 2 atom stereocenters. The van der Waals surface area contributed by atoms with Crippen molar-refractivity contribution in [2.24, 2.45) is 5.92 Å². The maximum atomic E-state index is 11.8. The molecule has 0 amide bonds. The monoisotopic (exact) mass is 407 g/mol. The lowest BCUT2D eigenvalue weighted by Crippen LogP contribution is -2.17. The van der Waals surface area contributed by atoms with Gasteiger partial charge in [0.1, 0.15) is 5.76 Å². The van der Waals surface area contributed by atoms with Gasteiger partial charge in [0.15, 0.2) is 0 Å². The summed E-state index contributed by atoms with van der Waals surface area (Å²) in [6.45, 7) is 4.86. The van der Waals surface area contributed by atoms with Gasteiger partial charge in [-0.2, -0.15) is 0 Å². The van der Waals surface area contributed by atoms with Crippen LogP contribution in [-0.4, -0.2) is 30.3 Å². The van der Waals surface area contributed by atoms with Crippen LogP contribution in [0.3, 0.4) is 0 Å². The third-order valence-corrected chi connectivity index (χ3v) is 5.87. The molecule has 0 radical (unpaired) electrons. The summed E-state index contributed by atoms with van der Waals surface area (Å²) in [6.07, 6.45) is 8.55. The van der Waals surface area contributed by atoms with Crippen molar-refractivity contribution >= 4 is 5.97 Å². The second-order valence-corrected chi connectivity index (χ2v) is 7.92. The highest BCUT2D eigenvalue weighted by atomic mass is 16.5. The lowest BCUT2D eigenvalue weighted by molar-refractivity contribution is -0.143. The van der Waals surface area contributed by atoms with Gasteiger partial charge >= 0.3 is 5.97 Å². The van der Waals surface area contributed by atoms with E-state index in [2.05, 4.69) is 17.1 Å². The number of nitrogens with zero attached hydrogens (tertiary/aromatic N) is 1. The van der Waals surface area contributed by atoms with Gasteiger partial charge in [0.25, 0.3) is 0 Å². The first kappa shape index (κ1) is 20.6. The quantitative estimate of drug-likeness (QED) is 0.563. The van der Waals surface area contributed by atoms with Crippen LogP contribution in [0.25, 0.3) is 11.5 Å². The second-order valence-electron chi connectivity index (χ2n) is 7.92. The predicted molar refractivity (Wildman–Crippen MR) is 115 cm³/mol. The van der Waals surface area contributed by atoms with E-state index < -0.39 is 0 Å². The lowest BCUT2D eigenvalue weighted by atomic mass is 9.92. The zero-order valence-corrected chi connectivity index (χ0v) is 17.7. The number of aryl methyl sites for hydroxylation is 1. The van der Waals surface area contributed by atoms with Gasteiger partial charge in [-0.1, -0.05) is 35.9 Å². The molecule has 2 aliphatic rings. The molecule has 4 rings (SSSR count). The Balaban J connectivity index is 1.28. The average molecular weight is 408 g/mol. The number of ether oxygens (including phenoxy) is 2. The van der Waals surface area contributed by atoms with Gasteiger partial charge in [0.05, 0.1) is 31.4 Å². The minimum atomic E-state index is -0.0969. The molecule has 0 N–H and O–H groups in total. The Morgan fingerprint density at radius 3 is 2.90 bits per heavy atom. The molecule has 2 aliphatic carbocycles. The molecule has 1 unspecified atom stereocenters. The summed E-state index contributed by atoms with van der Waals surface area (Å²) >= 11 is 0. The van der Waals surface area contributed by atoms with E-state index in [9.17, 15) is 4.79 Å². The number of hydrogen-bond donors (Lipinski definition) is 0. The maximum Gasteiger partial charge on any atom is 0.306 e.